The third-order valence-electron chi connectivity index (χ3n) is 5.15. The molecule has 2 aromatic carbocycles. The van der Waals surface area contributed by atoms with Gasteiger partial charge in [-0.25, -0.2) is 0 Å². The molecule has 2 heterocycles. The molecule has 0 spiro atoms. The van der Waals surface area contributed by atoms with Gasteiger partial charge in [-0.1, -0.05) is 6.07 Å². The predicted octanol–water partition coefficient (Wildman–Crippen LogP) is 3.03. The maximum Gasteiger partial charge on any atom is 0.244 e. The van der Waals surface area contributed by atoms with Gasteiger partial charge in [0.2, 0.25) is 11.8 Å². The van der Waals surface area contributed by atoms with Crippen LogP contribution in [0.5, 0.6) is 28.9 Å². The van der Waals surface area contributed by atoms with E-state index in [-0.39, 0.29) is 28.8 Å². The molecule has 1 aromatic heterocycles. The van der Waals surface area contributed by atoms with Crippen LogP contribution in [0.25, 0.3) is 11.3 Å². The van der Waals surface area contributed by atoms with E-state index in [9.17, 15) is 10.4 Å². The first-order chi connectivity index (χ1) is 15.0. The number of methoxy groups -OCH3 is 3. The zero-order chi connectivity index (χ0) is 22.1. The number of nitrogens with zero attached hydrogens (tertiary/aromatic N) is 2. The van der Waals surface area contributed by atoms with E-state index in [2.05, 4.69) is 16.3 Å². The lowest BCUT2D eigenvalue weighted by molar-refractivity contribution is 0.355. The van der Waals surface area contributed by atoms with E-state index in [1.165, 1.54) is 13.2 Å². The molecule has 0 fully saturated rings. The van der Waals surface area contributed by atoms with Gasteiger partial charge in [-0.2, -0.15) is 5.26 Å². The van der Waals surface area contributed by atoms with Crippen molar-refractivity contribution < 1.29 is 24.1 Å². The lowest BCUT2D eigenvalue weighted by Crippen LogP contribution is -2.21. The molecule has 0 aliphatic carbocycles. The molecule has 4 N–H and O–H groups in total. The van der Waals surface area contributed by atoms with Gasteiger partial charge in [-0.05, 0) is 35.9 Å². The summed E-state index contributed by atoms with van der Waals surface area (Å²) in [6, 6.07) is 12.4. The molecule has 0 saturated carbocycles. The van der Waals surface area contributed by atoms with Crippen LogP contribution in [0.3, 0.4) is 0 Å². The van der Waals surface area contributed by atoms with Crippen molar-refractivity contribution in [1.29, 1.82) is 5.26 Å². The molecule has 4 rings (SSSR count). The lowest BCUT2D eigenvalue weighted by atomic mass is 9.83. The highest BCUT2D eigenvalue weighted by Crippen LogP contribution is 2.47. The molecular formula is C22H20N4O5. The van der Waals surface area contributed by atoms with Crippen LogP contribution in [0.2, 0.25) is 0 Å². The summed E-state index contributed by atoms with van der Waals surface area (Å²) in [6.07, 6.45) is 0. The Balaban J connectivity index is 1.93. The molecule has 9 heteroatoms. The minimum Gasteiger partial charge on any atom is -0.504 e. The Morgan fingerprint density at radius 2 is 1.81 bits per heavy atom. The van der Waals surface area contributed by atoms with Gasteiger partial charge < -0.3 is 29.8 Å². The first kappa shape index (κ1) is 20.0. The Morgan fingerprint density at radius 1 is 1.06 bits per heavy atom. The average Bonchev–Trinajstić information content (AvgIpc) is 3.21. The first-order valence-electron chi connectivity index (χ1n) is 9.27. The molecule has 0 amide bonds. The Bertz CT molecular complexity index is 1230. The summed E-state index contributed by atoms with van der Waals surface area (Å²) in [5, 5.41) is 27.1. The van der Waals surface area contributed by atoms with Crippen LogP contribution in [-0.2, 0) is 0 Å². The zero-order valence-corrected chi connectivity index (χ0v) is 17.1. The highest BCUT2D eigenvalue weighted by Gasteiger charge is 2.36. The second-order valence-corrected chi connectivity index (χ2v) is 6.74. The third kappa shape index (κ3) is 3.24. The first-order valence-corrected chi connectivity index (χ1v) is 9.27. The van der Waals surface area contributed by atoms with E-state index < -0.39 is 5.92 Å². The fourth-order valence-electron chi connectivity index (χ4n) is 3.66. The van der Waals surface area contributed by atoms with Crippen molar-refractivity contribution in [2.24, 2.45) is 5.73 Å². The summed E-state index contributed by atoms with van der Waals surface area (Å²) in [4.78, 5) is 0. The minimum absolute atomic E-state index is 0.0127. The number of hydrogen-bond acceptors (Lipinski definition) is 8. The van der Waals surface area contributed by atoms with Crippen LogP contribution in [-0.4, -0.2) is 36.6 Å². The average molecular weight is 420 g/mol. The minimum atomic E-state index is -0.593. The predicted molar refractivity (Wildman–Crippen MR) is 111 cm³/mol. The lowest BCUT2D eigenvalue weighted by Gasteiger charge is -2.24. The molecule has 1 atom stereocenters. The van der Waals surface area contributed by atoms with Crippen molar-refractivity contribution in [3.63, 3.8) is 0 Å². The van der Waals surface area contributed by atoms with Crippen molar-refractivity contribution in [3.05, 3.63) is 59.0 Å². The molecule has 1 unspecified atom stereocenters. The van der Waals surface area contributed by atoms with Crippen molar-refractivity contribution in [2.45, 2.75) is 5.92 Å². The van der Waals surface area contributed by atoms with Gasteiger partial charge in [0.05, 0.1) is 38.5 Å². The van der Waals surface area contributed by atoms with E-state index in [0.717, 1.165) is 5.56 Å². The largest absolute Gasteiger partial charge is 0.504 e. The maximum atomic E-state index is 10.0. The van der Waals surface area contributed by atoms with Crippen molar-refractivity contribution >= 4 is 0 Å². The number of aromatic amines is 1. The number of nitriles is 1. The topological polar surface area (TPSA) is 136 Å². The van der Waals surface area contributed by atoms with E-state index in [4.69, 9.17) is 24.7 Å². The van der Waals surface area contributed by atoms with Gasteiger partial charge in [-0.15, -0.1) is 5.10 Å². The Kier molecular flexibility index (Phi) is 5.05. The summed E-state index contributed by atoms with van der Waals surface area (Å²) in [6.45, 7) is 0. The number of rotatable bonds is 5. The quantitative estimate of drug-likeness (QED) is 0.573. The number of phenolic OH excluding ortho intramolecular Hbond substituents is 1. The number of allylic oxidation sites excluding steroid dienone is 1. The van der Waals surface area contributed by atoms with E-state index in [1.807, 2.05) is 6.07 Å². The van der Waals surface area contributed by atoms with Crippen LogP contribution in [0.4, 0.5) is 0 Å². The van der Waals surface area contributed by atoms with E-state index >= 15 is 0 Å². The molecule has 0 saturated heterocycles. The number of fused-ring (bicyclic) bond motifs is 1. The molecule has 1 aliphatic rings. The van der Waals surface area contributed by atoms with Gasteiger partial charge in [-0.3, -0.25) is 5.10 Å². The van der Waals surface area contributed by atoms with Crippen LogP contribution in [0.1, 0.15) is 17.0 Å². The standard InChI is InChI=1S/C22H20N4O5/c1-28-15-7-5-12(9-17(15)30-3)20-19-18(11-4-6-14(27)16(8-11)29-2)13(10-23)21(24)31-22(19)26-25-20/h4-9,18,27H,24H2,1-3H3,(H,25,26). The zero-order valence-electron chi connectivity index (χ0n) is 17.1. The van der Waals surface area contributed by atoms with Crippen molar-refractivity contribution in [2.75, 3.05) is 21.3 Å². The van der Waals surface area contributed by atoms with Crippen molar-refractivity contribution in [1.82, 2.24) is 10.2 Å². The van der Waals surface area contributed by atoms with Gasteiger partial charge in [0, 0.05) is 5.56 Å². The maximum absolute atomic E-state index is 10.0. The number of benzene rings is 2. The number of H-pyrrole nitrogens is 1. The molecular weight excluding hydrogens is 400 g/mol. The van der Waals surface area contributed by atoms with Crippen LogP contribution in [0.15, 0.2) is 47.9 Å². The molecule has 3 aromatic rings. The SMILES string of the molecule is COc1cc(C2C(C#N)=C(N)Oc3n[nH]c(-c4ccc(OC)c(OC)c4)c32)ccc1O. The highest BCUT2D eigenvalue weighted by molar-refractivity contribution is 5.73. The smallest absolute Gasteiger partial charge is 0.244 e. The summed E-state index contributed by atoms with van der Waals surface area (Å²) in [5.41, 5.74) is 8.95. The number of phenols is 1. The van der Waals surface area contributed by atoms with Crippen LogP contribution >= 0.6 is 0 Å². The van der Waals surface area contributed by atoms with Gasteiger partial charge >= 0.3 is 0 Å². The Morgan fingerprint density at radius 3 is 2.48 bits per heavy atom. The number of nitrogens with two attached hydrogens (primary N) is 1. The Hall–Kier alpha value is -4.32. The third-order valence-corrected chi connectivity index (χ3v) is 5.15. The molecule has 31 heavy (non-hydrogen) atoms. The monoisotopic (exact) mass is 420 g/mol. The van der Waals surface area contributed by atoms with Gasteiger partial charge in [0.1, 0.15) is 11.6 Å². The number of aromatic nitrogens is 2. The summed E-state index contributed by atoms with van der Waals surface area (Å²) in [7, 11) is 4.57. The van der Waals surface area contributed by atoms with Crippen LogP contribution in [0, 0.1) is 11.3 Å². The summed E-state index contributed by atoms with van der Waals surface area (Å²) < 4.78 is 21.6. The number of hydrogen-bond donors (Lipinski definition) is 3. The second-order valence-electron chi connectivity index (χ2n) is 6.74. The summed E-state index contributed by atoms with van der Waals surface area (Å²) in [5.74, 6) is 1.02. The molecule has 0 bridgehead atoms. The normalized spacial score (nSPS) is 15.0. The highest BCUT2D eigenvalue weighted by atomic mass is 16.5. The van der Waals surface area contributed by atoms with E-state index in [1.54, 1.807) is 38.5 Å². The Labute approximate surface area is 178 Å². The molecule has 1 aliphatic heterocycles. The second kappa shape index (κ2) is 7.84. The molecule has 0 radical (unpaired) electrons. The number of aromatic hydroxyl groups is 1. The number of ether oxygens (including phenoxy) is 4. The fourth-order valence-corrected chi connectivity index (χ4v) is 3.66. The number of nitrogens with one attached hydrogen (secondary N) is 1. The fraction of sp³-hybridized carbons (Fsp3) is 0.182. The molecule has 158 valence electrons. The van der Waals surface area contributed by atoms with Crippen molar-refractivity contribution in [3.8, 4) is 46.2 Å². The van der Waals surface area contributed by atoms with Crippen LogP contribution < -0.4 is 24.7 Å². The molecule has 9 nitrogen and oxygen atoms in total. The van der Waals surface area contributed by atoms with Gasteiger partial charge in [0.25, 0.3) is 0 Å². The van der Waals surface area contributed by atoms with Gasteiger partial charge in [0.15, 0.2) is 23.0 Å². The summed E-state index contributed by atoms with van der Waals surface area (Å²) >= 11 is 0. The van der Waals surface area contributed by atoms with E-state index in [0.29, 0.717) is 28.3 Å².